The normalized spacial score (nSPS) is 28.5. The number of hydrogen-bond donors (Lipinski definition) is 1. The van der Waals surface area contributed by atoms with Crippen molar-refractivity contribution in [2.24, 2.45) is 17.8 Å². The quantitative estimate of drug-likeness (QED) is 0.584. The lowest BCUT2D eigenvalue weighted by atomic mass is 9.53. The van der Waals surface area contributed by atoms with Gasteiger partial charge >= 0.3 is 0 Å². The van der Waals surface area contributed by atoms with E-state index in [0.717, 1.165) is 29.3 Å². The number of sulfonamides is 1. The van der Waals surface area contributed by atoms with Crippen molar-refractivity contribution in [3.63, 3.8) is 0 Å². The fraction of sp³-hybridized carbons (Fsp3) is 0.480. The number of amides is 1. The summed E-state index contributed by atoms with van der Waals surface area (Å²) in [7, 11) is -3.89. The maximum absolute atomic E-state index is 13.6. The second-order valence-corrected chi connectivity index (χ2v) is 12.8. The van der Waals surface area contributed by atoms with E-state index in [9.17, 15) is 13.2 Å². The fourth-order valence-corrected chi connectivity index (χ4v) is 8.17. The molecular weight excluding hydrogens is 488 g/mol. The highest BCUT2D eigenvalue weighted by Crippen LogP contribution is 2.55. The van der Waals surface area contributed by atoms with Crippen LogP contribution in [0.25, 0.3) is 0 Å². The highest BCUT2D eigenvalue weighted by atomic mass is 79.9. The average molecular weight is 517 g/mol. The number of carbonyl (C=O) groups is 1. The molecule has 0 unspecified atom stereocenters. The number of aryl methyl sites for hydroxylation is 1. The third kappa shape index (κ3) is 4.21. The number of anilines is 1. The molecule has 1 amide bonds. The third-order valence-electron chi connectivity index (χ3n) is 7.45. The third-order valence-corrected chi connectivity index (χ3v) is 9.77. The molecule has 7 heteroatoms. The van der Waals surface area contributed by atoms with Gasteiger partial charge in [0.05, 0.1) is 10.6 Å². The molecule has 4 aliphatic carbocycles. The molecule has 0 spiro atoms. The summed E-state index contributed by atoms with van der Waals surface area (Å²) in [6.45, 7) is 1.70. The van der Waals surface area contributed by atoms with Crippen LogP contribution in [0, 0.1) is 24.7 Å². The smallest absolute Gasteiger partial charge is 0.264 e. The van der Waals surface area contributed by atoms with Crippen molar-refractivity contribution in [3.8, 4) is 0 Å². The Labute approximate surface area is 198 Å². The summed E-state index contributed by atoms with van der Waals surface area (Å²) >= 11 is 3.41. The molecule has 32 heavy (non-hydrogen) atoms. The molecule has 1 N–H and O–H groups in total. The Morgan fingerprint density at radius 2 is 1.50 bits per heavy atom. The van der Waals surface area contributed by atoms with Gasteiger partial charge in [0.25, 0.3) is 10.0 Å². The first-order valence-corrected chi connectivity index (χ1v) is 13.6. The summed E-state index contributed by atoms with van der Waals surface area (Å²) in [5.74, 6) is 1.91. The topological polar surface area (TPSA) is 66.5 Å². The van der Waals surface area contributed by atoms with Gasteiger partial charge in [-0.2, -0.15) is 0 Å². The number of benzene rings is 2. The number of carbonyl (C=O) groups excluding carboxylic acids is 1. The Balaban J connectivity index is 1.41. The molecule has 5 nitrogen and oxygen atoms in total. The van der Waals surface area contributed by atoms with Crippen molar-refractivity contribution in [2.45, 2.75) is 55.9 Å². The largest absolute Gasteiger partial charge is 0.349 e. The molecule has 0 aromatic heterocycles. The van der Waals surface area contributed by atoms with E-state index in [1.54, 1.807) is 48.5 Å². The van der Waals surface area contributed by atoms with Gasteiger partial charge in [-0.3, -0.25) is 9.10 Å². The van der Waals surface area contributed by atoms with Gasteiger partial charge in [-0.15, -0.1) is 0 Å². The Hall–Kier alpha value is -1.86. The van der Waals surface area contributed by atoms with Gasteiger partial charge in [-0.25, -0.2) is 8.42 Å². The van der Waals surface area contributed by atoms with Crippen LogP contribution in [0.1, 0.15) is 44.1 Å². The van der Waals surface area contributed by atoms with Crippen LogP contribution < -0.4 is 9.62 Å². The van der Waals surface area contributed by atoms with Crippen molar-refractivity contribution in [1.29, 1.82) is 0 Å². The molecule has 4 aliphatic rings. The minimum atomic E-state index is -3.89. The van der Waals surface area contributed by atoms with E-state index in [0.29, 0.717) is 23.4 Å². The summed E-state index contributed by atoms with van der Waals surface area (Å²) in [5, 5.41) is 3.31. The molecular formula is C25H29BrN2O3S. The lowest BCUT2D eigenvalue weighted by Crippen LogP contribution is -2.61. The van der Waals surface area contributed by atoms with Crippen LogP contribution in [0.5, 0.6) is 0 Å². The standard InChI is InChI=1S/C25H29BrN2O3S/c1-17-2-8-23(9-3-17)32(30,31)28(22-6-4-21(26)5-7-22)16-24(29)27-25-13-18-10-19(14-25)12-20(11-18)15-25/h2-9,18-20H,10-16H2,1H3,(H,27,29). The van der Waals surface area contributed by atoms with Gasteiger partial charge in [-0.1, -0.05) is 33.6 Å². The SMILES string of the molecule is Cc1ccc(S(=O)(=O)N(CC(=O)NC23CC4CC(CC(C4)C2)C3)c2ccc(Br)cc2)cc1. The summed E-state index contributed by atoms with van der Waals surface area (Å²) in [5.41, 5.74) is 1.32. The number of nitrogens with one attached hydrogen (secondary N) is 1. The zero-order valence-electron chi connectivity index (χ0n) is 18.3. The van der Waals surface area contributed by atoms with Gasteiger partial charge in [0.1, 0.15) is 6.54 Å². The molecule has 0 radical (unpaired) electrons. The van der Waals surface area contributed by atoms with Crippen LogP contribution in [0.4, 0.5) is 5.69 Å². The molecule has 4 saturated carbocycles. The van der Waals surface area contributed by atoms with E-state index >= 15 is 0 Å². The zero-order chi connectivity index (χ0) is 22.5. The predicted molar refractivity (Wildman–Crippen MR) is 129 cm³/mol. The Morgan fingerprint density at radius 1 is 0.969 bits per heavy atom. The van der Waals surface area contributed by atoms with Gasteiger partial charge in [0, 0.05) is 10.0 Å². The maximum atomic E-state index is 13.6. The molecule has 4 fully saturated rings. The number of nitrogens with zero attached hydrogens (tertiary/aromatic N) is 1. The van der Waals surface area contributed by atoms with Crippen LogP contribution >= 0.6 is 15.9 Å². The van der Waals surface area contributed by atoms with E-state index in [4.69, 9.17) is 0 Å². The molecule has 170 valence electrons. The van der Waals surface area contributed by atoms with Crippen molar-refractivity contribution >= 4 is 37.5 Å². The molecule has 0 aliphatic heterocycles. The van der Waals surface area contributed by atoms with Crippen molar-refractivity contribution in [1.82, 2.24) is 5.32 Å². The van der Waals surface area contributed by atoms with E-state index in [1.165, 1.54) is 23.6 Å². The number of halogens is 1. The lowest BCUT2D eigenvalue weighted by molar-refractivity contribution is -0.125. The monoisotopic (exact) mass is 516 g/mol. The molecule has 2 aromatic carbocycles. The van der Waals surface area contributed by atoms with Gasteiger partial charge in [-0.05, 0) is 99.6 Å². The van der Waals surface area contributed by atoms with Crippen molar-refractivity contribution in [3.05, 3.63) is 58.6 Å². The maximum Gasteiger partial charge on any atom is 0.264 e. The van der Waals surface area contributed by atoms with Crippen LogP contribution in [-0.2, 0) is 14.8 Å². The van der Waals surface area contributed by atoms with Crippen LogP contribution in [0.3, 0.4) is 0 Å². The van der Waals surface area contributed by atoms with E-state index in [2.05, 4.69) is 21.2 Å². The Morgan fingerprint density at radius 3 is 2.03 bits per heavy atom. The minimum absolute atomic E-state index is 0.148. The molecule has 0 atom stereocenters. The number of rotatable bonds is 6. The molecule has 2 aromatic rings. The van der Waals surface area contributed by atoms with Crippen LogP contribution in [-0.4, -0.2) is 26.4 Å². The molecule has 0 heterocycles. The summed E-state index contributed by atoms with van der Waals surface area (Å²) in [6.07, 6.45) is 6.99. The van der Waals surface area contributed by atoms with Crippen LogP contribution in [0.2, 0.25) is 0 Å². The van der Waals surface area contributed by atoms with Gasteiger partial charge in [0.2, 0.25) is 5.91 Å². The molecule has 4 bridgehead atoms. The second-order valence-electron chi connectivity index (χ2n) is 10.0. The first-order chi connectivity index (χ1) is 15.2. The summed E-state index contributed by atoms with van der Waals surface area (Å²) in [4.78, 5) is 13.5. The van der Waals surface area contributed by atoms with Crippen molar-refractivity contribution < 1.29 is 13.2 Å². The summed E-state index contributed by atoms with van der Waals surface area (Å²) in [6, 6.07) is 13.8. The molecule has 0 saturated heterocycles. The highest BCUT2D eigenvalue weighted by molar-refractivity contribution is 9.10. The zero-order valence-corrected chi connectivity index (χ0v) is 20.7. The first kappa shape index (κ1) is 22.0. The Kier molecular flexibility index (Phi) is 5.61. The minimum Gasteiger partial charge on any atom is -0.349 e. The fourth-order valence-electron chi connectivity index (χ4n) is 6.49. The Bertz CT molecular complexity index is 1080. The van der Waals surface area contributed by atoms with E-state index in [1.807, 2.05) is 6.92 Å². The lowest BCUT2D eigenvalue weighted by Gasteiger charge is -2.57. The van der Waals surface area contributed by atoms with E-state index < -0.39 is 10.0 Å². The average Bonchev–Trinajstić information content (AvgIpc) is 2.72. The van der Waals surface area contributed by atoms with Gasteiger partial charge in [0.15, 0.2) is 0 Å². The summed E-state index contributed by atoms with van der Waals surface area (Å²) < 4.78 is 29.2. The second kappa shape index (κ2) is 8.17. The number of hydrogen-bond acceptors (Lipinski definition) is 3. The van der Waals surface area contributed by atoms with Crippen LogP contribution in [0.15, 0.2) is 57.9 Å². The van der Waals surface area contributed by atoms with Gasteiger partial charge < -0.3 is 5.32 Å². The predicted octanol–water partition coefficient (Wildman–Crippen LogP) is 5.04. The highest BCUT2D eigenvalue weighted by Gasteiger charge is 2.51. The first-order valence-electron chi connectivity index (χ1n) is 11.4. The molecule has 6 rings (SSSR count). The van der Waals surface area contributed by atoms with E-state index in [-0.39, 0.29) is 22.9 Å². The van der Waals surface area contributed by atoms with Crippen molar-refractivity contribution in [2.75, 3.05) is 10.8 Å².